The van der Waals surface area contributed by atoms with E-state index in [4.69, 9.17) is 0 Å². The van der Waals surface area contributed by atoms with E-state index in [1.807, 2.05) is 26.3 Å². The van der Waals surface area contributed by atoms with Gasteiger partial charge in [0, 0.05) is 11.9 Å². The van der Waals surface area contributed by atoms with Crippen LogP contribution in [-0.4, -0.2) is 12.0 Å². The summed E-state index contributed by atoms with van der Waals surface area (Å²) in [5, 5.41) is 0. The monoisotopic (exact) mass is 143 g/mol. The molecule has 0 saturated heterocycles. The Labute approximate surface area is 61.3 Å². The summed E-state index contributed by atoms with van der Waals surface area (Å²) < 4.78 is 0. The highest BCUT2D eigenvalue weighted by Crippen LogP contribution is 2.08. The van der Waals surface area contributed by atoms with Crippen LogP contribution in [0.25, 0.3) is 0 Å². The van der Waals surface area contributed by atoms with Gasteiger partial charge >= 0.3 is 0 Å². The Hall–Kier alpha value is -0.240. The van der Waals surface area contributed by atoms with E-state index in [9.17, 15) is 0 Å². The third-order valence-corrected chi connectivity index (χ3v) is 1.58. The van der Waals surface area contributed by atoms with Gasteiger partial charge in [-0.15, -0.1) is 11.8 Å². The summed E-state index contributed by atoms with van der Waals surface area (Å²) in [5.41, 5.74) is 1.10. The molecule has 0 radical (unpaired) electrons. The average molecular weight is 143 g/mol. The van der Waals surface area contributed by atoms with Gasteiger partial charge in [0.2, 0.25) is 0 Å². The predicted octanol–water partition coefficient (Wildman–Crippen LogP) is 2.69. The maximum Gasteiger partial charge on any atom is 0.0359 e. The predicted molar refractivity (Wildman–Crippen MR) is 46.1 cm³/mol. The second-order valence-electron chi connectivity index (χ2n) is 2.02. The summed E-state index contributed by atoms with van der Waals surface area (Å²) in [7, 11) is 0. The Bertz CT molecular complexity index is 132. The van der Waals surface area contributed by atoms with Crippen LogP contribution in [0.2, 0.25) is 0 Å². The minimum atomic E-state index is 1.10. The molecule has 1 nitrogen and oxygen atoms in total. The highest BCUT2D eigenvalue weighted by molar-refractivity contribution is 8.02. The first-order chi connectivity index (χ1) is 4.16. The van der Waals surface area contributed by atoms with Gasteiger partial charge in [0.1, 0.15) is 0 Å². The molecule has 0 fully saturated rings. The maximum atomic E-state index is 4.13. The number of hydrogen-bond acceptors (Lipinski definition) is 2. The molecule has 52 valence electrons. The first-order valence-corrected chi connectivity index (χ1v) is 4.11. The maximum absolute atomic E-state index is 4.13. The van der Waals surface area contributed by atoms with Crippen molar-refractivity contribution in [2.24, 2.45) is 4.99 Å². The fourth-order valence-corrected chi connectivity index (χ4v) is 0.431. The smallest absolute Gasteiger partial charge is 0.0359 e. The summed E-state index contributed by atoms with van der Waals surface area (Å²) in [5.74, 6) is 0. The normalized spacial score (nSPS) is 11.3. The molecule has 0 spiro atoms. The van der Waals surface area contributed by atoms with Crippen molar-refractivity contribution in [2.75, 3.05) is 6.26 Å². The Morgan fingerprint density at radius 3 is 2.22 bits per heavy atom. The lowest BCUT2D eigenvalue weighted by Gasteiger charge is -1.89. The minimum absolute atomic E-state index is 1.10. The Morgan fingerprint density at radius 2 is 1.89 bits per heavy atom. The standard InChI is InChI=1S/C7H13NS/c1-6(2)8-5-7(3)9-4/h5H,1-4H3/b7-5-. The molecule has 0 aromatic carbocycles. The molecule has 0 aliphatic rings. The molecule has 0 atom stereocenters. The third-order valence-electron chi connectivity index (χ3n) is 0.827. The molecule has 0 unspecified atom stereocenters. The van der Waals surface area contributed by atoms with Crippen LogP contribution in [0.3, 0.4) is 0 Å². The van der Waals surface area contributed by atoms with E-state index in [2.05, 4.69) is 11.9 Å². The van der Waals surface area contributed by atoms with Gasteiger partial charge in [-0.05, 0) is 31.9 Å². The number of thioether (sulfide) groups is 1. The zero-order valence-corrected chi connectivity index (χ0v) is 7.25. The summed E-state index contributed by atoms with van der Waals surface area (Å²) in [6.45, 7) is 6.03. The molecule has 0 aromatic heterocycles. The average Bonchev–Trinajstić information content (AvgIpc) is 1.83. The number of nitrogens with zero attached hydrogens (tertiary/aromatic N) is 1. The van der Waals surface area contributed by atoms with Crippen molar-refractivity contribution >= 4 is 17.5 Å². The van der Waals surface area contributed by atoms with Crippen LogP contribution < -0.4 is 0 Å². The lowest BCUT2D eigenvalue weighted by atomic mass is 10.5. The van der Waals surface area contributed by atoms with Crippen LogP contribution in [-0.2, 0) is 0 Å². The van der Waals surface area contributed by atoms with Crippen LogP contribution in [0.15, 0.2) is 16.1 Å². The van der Waals surface area contributed by atoms with Crippen LogP contribution in [0.1, 0.15) is 20.8 Å². The van der Waals surface area contributed by atoms with Gasteiger partial charge in [0.15, 0.2) is 0 Å². The van der Waals surface area contributed by atoms with Crippen molar-refractivity contribution in [3.63, 3.8) is 0 Å². The van der Waals surface area contributed by atoms with Crippen molar-refractivity contribution in [2.45, 2.75) is 20.8 Å². The van der Waals surface area contributed by atoms with Crippen molar-refractivity contribution in [3.8, 4) is 0 Å². The molecule has 2 heteroatoms. The molecule has 0 heterocycles. The van der Waals surface area contributed by atoms with E-state index in [1.54, 1.807) is 11.8 Å². The Morgan fingerprint density at radius 1 is 1.33 bits per heavy atom. The van der Waals surface area contributed by atoms with Gasteiger partial charge in [-0.2, -0.15) is 0 Å². The lowest BCUT2D eigenvalue weighted by Crippen LogP contribution is -1.76. The third kappa shape index (κ3) is 5.63. The second-order valence-corrected chi connectivity index (χ2v) is 3.07. The fourth-order valence-electron chi connectivity index (χ4n) is 0.273. The van der Waals surface area contributed by atoms with Crippen LogP contribution >= 0.6 is 11.8 Å². The van der Waals surface area contributed by atoms with E-state index < -0.39 is 0 Å². The number of rotatable bonds is 2. The molecule has 0 bridgehead atoms. The van der Waals surface area contributed by atoms with E-state index in [-0.39, 0.29) is 0 Å². The number of allylic oxidation sites excluding steroid dienone is 1. The number of hydrogen-bond donors (Lipinski definition) is 0. The van der Waals surface area contributed by atoms with Crippen molar-refractivity contribution in [1.29, 1.82) is 0 Å². The SMILES string of the molecule is CS/C(C)=C\N=C(C)C. The van der Waals surface area contributed by atoms with Crippen molar-refractivity contribution < 1.29 is 0 Å². The highest BCUT2D eigenvalue weighted by Gasteiger charge is 1.79. The molecular formula is C7H13NS. The van der Waals surface area contributed by atoms with E-state index >= 15 is 0 Å². The first-order valence-electron chi connectivity index (χ1n) is 2.88. The number of aliphatic imine (C=N–C) groups is 1. The summed E-state index contributed by atoms with van der Waals surface area (Å²) in [6, 6.07) is 0. The first kappa shape index (κ1) is 8.76. The molecule has 0 saturated carbocycles. The quantitative estimate of drug-likeness (QED) is 0.541. The van der Waals surface area contributed by atoms with Crippen molar-refractivity contribution in [1.82, 2.24) is 0 Å². The summed E-state index contributed by atoms with van der Waals surface area (Å²) in [6.07, 6.45) is 3.94. The van der Waals surface area contributed by atoms with Crippen molar-refractivity contribution in [3.05, 3.63) is 11.1 Å². The molecule has 0 N–H and O–H groups in total. The van der Waals surface area contributed by atoms with E-state index in [1.165, 1.54) is 4.91 Å². The molecule has 0 aliphatic heterocycles. The largest absolute Gasteiger partial charge is 0.265 e. The van der Waals surface area contributed by atoms with Crippen LogP contribution in [0, 0.1) is 0 Å². The topological polar surface area (TPSA) is 12.4 Å². The molecule has 0 rings (SSSR count). The highest BCUT2D eigenvalue weighted by atomic mass is 32.2. The fraction of sp³-hybridized carbons (Fsp3) is 0.571. The molecule has 0 amide bonds. The Balaban J connectivity index is 3.83. The summed E-state index contributed by atoms with van der Waals surface area (Å²) >= 11 is 1.72. The van der Waals surface area contributed by atoms with E-state index in [0.29, 0.717) is 0 Å². The Kier molecular flexibility index (Phi) is 4.50. The zero-order valence-electron chi connectivity index (χ0n) is 6.43. The molecule has 0 aromatic rings. The van der Waals surface area contributed by atoms with Gasteiger partial charge in [0.05, 0.1) is 0 Å². The lowest BCUT2D eigenvalue weighted by molar-refractivity contribution is 1.46. The van der Waals surface area contributed by atoms with Crippen LogP contribution in [0.5, 0.6) is 0 Å². The van der Waals surface area contributed by atoms with Crippen LogP contribution in [0.4, 0.5) is 0 Å². The summed E-state index contributed by atoms with van der Waals surface area (Å²) in [4.78, 5) is 5.38. The molecule has 9 heavy (non-hydrogen) atoms. The minimum Gasteiger partial charge on any atom is -0.265 e. The second kappa shape index (κ2) is 4.62. The van der Waals surface area contributed by atoms with E-state index in [0.717, 1.165) is 5.71 Å². The molecular weight excluding hydrogens is 130 g/mol. The van der Waals surface area contributed by atoms with Gasteiger partial charge in [-0.3, -0.25) is 4.99 Å². The molecule has 0 aliphatic carbocycles. The van der Waals surface area contributed by atoms with Gasteiger partial charge < -0.3 is 0 Å². The van der Waals surface area contributed by atoms with Gasteiger partial charge in [0.25, 0.3) is 0 Å². The van der Waals surface area contributed by atoms with Gasteiger partial charge in [-0.25, -0.2) is 0 Å². The zero-order chi connectivity index (χ0) is 7.28. The van der Waals surface area contributed by atoms with Gasteiger partial charge in [-0.1, -0.05) is 0 Å².